The first-order valence-corrected chi connectivity index (χ1v) is 3.93. The van der Waals surface area contributed by atoms with Gasteiger partial charge in [0, 0.05) is 25.5 Å². The summed E-state index contributed by atoms with van der Waals surface area (Å²) in [6, 6.07) is 6.11. The number of benzene rings is 1. The van der Waals surface area contributed by atoms with E-state index >= 15 is 0 Å². The molecule has 0 saturated carbocycles. The Labute approximate surface area is 73.3 Å². The Balaban J connectivity index is 3.10. The third kappa shape index (κ3) is 1.59. The van der Waals surface area contributed by atoms with Gasteiger partial charge >= 0.3 is 0 Å². The predicted molar refractivity (Wildman–Crippen MR) is 55.6 cm³/mol. The summed E-state index contributed by atoms with van der Waals surface area (Å²) in [7, 11) is 3.81. The minimum Gasteiger partial charge on any atom is -0.388 e. The summed E-state index contributed by atoms with van der Waals surface area (Å²) < 4.78 is 0. The standard InChI is InChI=1S/C10H14N2/c1-4-8-7-9(11-2)5-6-10(8)12-3/h4-7,11-12H,1H2,2-3H3. The first kappa shape index (κ1) is 8.65. The second kappa shape index (κ2) is 3.81. The summed E-state index contributed by atoms with van der Waals surface area (Å²) in [5.74, 6) is 0. The van der Waals surface area contributed by atoms with Crippen molar-refractivity contribution in [2.24, 2.45) is 0 Å². The van der Waals surface area contributed by atoms with Gasteiger partial charge in [0.15, 0.2) is 0 Å². The van der Waals surface area contributed by atoms with Crippen molar-refractivity contribution in [1.29, 1.82) is 0 Å². The summed E-state index contributed by atoms with van der Waals surface area (Å²) in [5.41, 5.74) is 3.32. The van der Waals surface area contributed by atoms with E-state index in [2.05, 4.69) is 23.3 Å². The van der Waals surface area contributed by atoms with E-state index in [-0.39, 0.29) is 0 Å². The lowest BCUT2D eigenvalue weighted by molar-refractivity contribution is 1.46. The van der Waals surface area contributed by atoms with Gasteiger partial charge in [0.2, 0.25) is 0 Å². The number of nitrogens with one attached hydrogen (secondary N) is 2. The van der Waals surface area contributed by atoms with Crippen LogP contribution in [0.15, 0.2) is 24.8 Å². The minimum absolute atomic E-state index is 1.10. The van der Waals surface area contributed by atoms with Crippen molar-refractivity contribution in [3.63, 3.8) is 0 Å². The van der Waals surface area contributed by atoms with E-state index in [0.29, 0.717) is 0 Å². The molecular formula is C10H14N2. The van der Waals surface area contributed by atoms with Gasteiger partial charge in [-0.05, 0) is 23.8 Å². The summed E-state index contributed by atoms with van der Waals surface area (Å²) in [6.07, 6.45) is 1.84. The molecule has 0 amide bonds. The molecule has 0 atom stereocenters. The summed E-state index contributed by atoms with van der Waals surface area (Å²) in [6.45, 7) is 3.75. The fourth-order valence-electron chi connectivity index (χ4n) is 1.11. The van der Waals surface area contributed by atoms with Crippen LogP contribution in [0.3, 0.4) is 0 Å². The molecule has 0 radical (unpaired) electrons. The fraction of sp³-hybridized carbons (Fsp3) is 0.200. The number of hydrogen-bond acceptors (Lipinski definition) is 2. The van der Waals surface area contributed by atoms with Crippen molar-refractivity contribution in [2.75, 3.05) is 24.7 Å². The van der Waals surface area contributed by atoms with Gasteiger partial charge in [-0.2, -0.15) is 0 Å². The van der Waals surface area contributed by atoms with Crippen LogP contribution in [0.2, 0.25) is 0 Å². The van der Waals surface area contributed by atoms with E-state index in [0.717, 1.165) is 16.9 Å². The molecule has 0 aliphatic carbocycles. The summed E-state index contributed by atoms with van der Waals surface area (Å²) >= 11 is 0. The van der Waals surface area contributed by atoms with Gasteiger partial charge in [0.1, 0.15) is 0 Å². The van der Waals surface area contributed by atoms with Gasteiger partial charge in [0.05, 0.1) is 0 Å². The van der Waals surface area contributed by atoms with Crippen LogP contribution in [0.4, 0.5) is 11.4 Å². The Morgan fingerprint density at radius 3 is 2.50 bits per heavy atom. The molecule has 64 valence electrons. The summed E-state index contributed by atoms with van der Waals surface area (Å²) in [5, 5.41) is 6.18. The molecule has 0 unspecified atom stereocenters. The normalized spacial score (nSPS) is 9.17. The van der Waals surface area contributed by atoms with Gasteiger partial charge in [-0.25, -0.2) is 0 Å². The molecule has 0 fully saturated rings. The first-order valence-electron chi connectivity index (χ1n) is 3.93. The molecule has 0 spiro atoms. The number of anilines is 2. The molecule has 0 aromatic heterocycles. The van der Waals surface area contributed by atoms with Crippen molar-refractivity contribution in [2.45, 2.75) is 0 Å². The zero-order valence-corrected chi connectivity index (χ0v) is 7.52. The van der Waals surface area contributed by atoms with Gasteiger partial charge < -0.3 is 10.6 Å². The third-order valence-corrected chi connectivity index (χ3v) is 1.83. The maximum atomic E-state index is 3.75. The molecule has 2 N–H and O–H groups in total. The highest BCUT2D eigenvalue weighted by molar-refractivity contribution is 5.70. The largest absolute Gasteiger partial charge is 0.388 e. The maximum Gasteiger partial charge on any atom is 0.0412 e. The molecule has 0 aliphatic heterocycles. The highest BCUT2D eigenvalue weighted by atomic mass is 14.8. The Morgan fingerprint density at radius 2 is 2.00 bits per heavy atom. The Kier molecular flexibility index (Phi) is 2.75. The fourth-order valence-corrected chi connectivity index (χ4v) is 1.11. The lowest BCUT2D eigenvalue weighted by Gasteiger charge is -2.07. The summed E-state index contributed by atoms with van der Waals surface area (Å²) in [4.78, 5) is 0. The third-order valence-electron chi connectivity index (χ3n) is 1.83. The van der Waals surface area contributed by atoms with E-state index in [1.165, 1.54) is 0 Å². The minimum atomic E-state index is 1.10. The molecule has 2 heteroatoms. The van der Waals surface area contributed by atoms with Crippen LogP contribution in [0, 0.1) is 0 Å². The zero-order valence-electron chi connectivity index (χ0n) is 7.52. The van der Waals surface area contributed by atoms with Crippen LogP contribution in [-0.4, -0.2) is 14.1 Å². The second-order valence-corrected chi connectivity index (χ2v) is 2.51. The van der Waals surface area contributed by atoms with Crippen LogP contribution < -0.4 is 10.6 Å². The van der Waals surface area contributed by atoms with Crippen molar-refractivity contribution < 1.29 is 0 Å². The highest BCUT2D eigenvalue weighted by Gasteiger charge is 1.96. The van der Waals surface area contributed by atoms with Crippen LogP contribution in [0.1, 0.15) is 5.56 Å². The lowest BCUT2D eigenvalue weighted by atomic mass is 10.1. The second-order valence-electron chi connectivity index (χ2n) is 2.51. The SMILES string of the molecule is C=Cc1cc(NC)ccc1NC. The molecule has 0 heterocycles. The first-order chi connectivity index (χ1) is 5.81. The van der Waals surface area contributed by atoms with Crippen LogP contribution in [-0.2, 0) is 0 Å². The van der Waals surface area contributed by atoms with Crippen molar-refractivity contribution in [3.05, 3.63) is 30.3 Å². The Morgan fingerprint density at radius 1 is 1.25 bits per heavy atom. The maximum absolute atomic E-state index is 3.75. The highest BCUT2D eigenvalue weighted by Crippen LogP contribution is 2.20. The number of hydrogen-bond donors (Lipinski definition) is 2. The average Bonchev–Trinajstić information content (AvgIpc) is 2.16. The molecule has 0 saturated heterocycles. The molecule has 1 aromatic rings. The van der Waals surface area contributed by atoms with Crippen molar-refractivity contribution in [3.8, 4) is 0 Å². The van der Waals surface area contributed by atoms with Crippen LogP contribution in [0.25, 0.3) is 6.08 Å². The topological polar surface area (TPSA) is 24.1 Å². The van der Waals surface area contributed by atoms with E-state index in [4.69, 9.17) is 0 Å². The molecule has 12 heavy (non-hydrogen) atoms. The molecule has 2 nitrogen and oxygen atoms in total. The number of rotatable bonds is 3. The Bertz CT molecular complexity index is 279. The van der Waals surface area contributed by atoms with Crippen molar-refractivity contribution in [1.82, 2.24) is 0 Å². The predicted octanol–water partition coefficient (Wildman–Crippen LogP) is 2.41. The Hall–Kier alpha value is -1.44. The monoisotopic (exact) mass is 162 g/mol. The molecule has 0 bridgehead atoms. The van der Waals surface area contributed by atoms with Crippen LogP contribution >= 0.6 is 0 Å². The zero-order chi connectivity index (χ0) is 8.97. The van der Waals surface area contributed by atoms with E-state index in [1.807, 2.05) is 32.3 Å². The molecule has 1 rings (SSSR count). The van der Waals surface area contributed by atoms with Gasteiger partial charge in [-0.1, -0.05) is 12.7 Å². The van der Waals surface area contributed by atoms with Gasteiger partial charge in [0.25, 0.3) is 0 Å². The van der Waals surface area contributed by atoms with Crippen molar-refractivity contribution >= 4 is 17.5 Å². The van der Waals surface area contributed by atoms with Crippen LogP contribution in [0.5, 0.6) is 0 Å². The van der Waals surface area contributed by atoms with E-state index in [1.54, 1.807) is 0 Å². The molecule has 0 aliphatic rings. The van der Waals surface area contributed by atoms with Gasteiger partial charge in [-0.3, -0.25) is 0 Å². The van der Waals surface area contributed by atoms with E-state index < -0.39 is 0 Å². The lowest BCUT2D eigenvalue weighted by Crippen LogP contribution is -1.93. The quantitative estimate of drug-likeness (QED) is 0.713. The van der Waals surface area contributed by atoms with Gasteiger partial charge in [-0.15, -0.1) is 0 Å². The molecule has 1 aromatic carbocycles. The molecular weight excluding hydrogens is 148 g/mol. The van der Waals surface area contributed by atoms with E-state index in [9.17, 15) is 0 Å². The average molecular weight is 162 g/mol. The smallest absolute Gasteiger partial charge is 0.0412 e.